The summed E-state index contributed by atoms with van der Waals surface area (Å²) in [6.45, 7) is 5.35. The zero-order chi connectivity index (χ0) is 25.8. The first-order chi connectivity index (χ1) is 18.0. The molecule has 0 atom stereocenters. The maximum atomic E-state index is 13.8. The monoisotopic (exact) mass is 501 g/mol. The molecule has 2 fully saturated rings. The number of hydrogen-bond acceptors (Lipinski definition) is 6. The molecule has 0 N–H and O–H groups in total. The Kier molecular flexibility index (Phi) is 7.67. The van der Waals surface area contributed by atoms with Crippen molar-refractivity contribution in [3.05, 3.63) is 66.4 Å². The zero-order valence-corrected chi connectivity index (χ0v) is 21.7. The lowest BCUT2D eigenvalue weighted by Crippen LogP contribution is -2.55. The highest BCUT2D eigenvalue weighted by molar-refractivity contribution is 6.12. The minimum absolute atomic E-state index is 0.0330. The van der Waals surface area contributed by atoms with Crippen molar-refractivity contribution in [2.75, 3.05) is 64.9 Å². The molecule has 0 aliphatic carbocycles. The number of likely N-dealkylation sites (tertiary alicyclic amines) is 1. The molecule has 5 rings (SSSR count). The zero-order valence-electron chi connectivity index (χ0n) is 21.7. The van der Waals surface area contributed by atoms with E-state index in [4.69, 9.17) is 4.74 Å². The van der Waals surface area contributed by atoms with Gasteiger partial charge >= 0.3 is 0 Å². The minimum Gasteiger partial charge on any atom is -0.497 e. The van der Waals surface area contributed by atoms with Crippen LogP contribution in [0.3, 0.4) is 0 Å². The van der Waals surface area contributed by atoms with Gasteiger partial charge in [0.2, 0.25) is 5.91 Å². The highest BCUT2D eigenvalue weighted by Gasteiger charge is 2.30. The average Bonchev–Trinajstić information content (AvgIpc) is 2.96. The maximum Gasteiger partial charge on any atom is 0.258 e. The van der Waals surface area contributed by atoms with Crippen molar-refractivity contribution in [2.45, 2.75) is 18.9 Å². The largest absolute Gasteiger partial charge is 0.497 e. The van der Waals surface area contributed by atoms with Gasteiger partial charge in [-0.3, -0.25) is 24.4 Å². The fourth-order valence-electron chi connectivity index (χ4n) is 5.39. The van der Waals surface area contributed by atoms with Crippen LogP contribution >= 0.6 is 0 Å². The molecule has 0 saturated carbocycles. The first kappa shape index (κ1) is 25.2. The van der Waals surface area contributed by atoms with Gasteiger partial charge in [0.15, 0.2) is 0 Å². The predicted octanol–water partition coefficient (Wildman–Crippen LogP) is 3.13. The fourth-order valence-corrected chi connectivity index (χ4v) is 5.39. The van der Waals surface area contributed by atoms with E-state index in [2.05, 4.69) is 21.8 Å². The van der Waals surface area contributed by atoms with Crippen molar-refractivity contribution in [3.8, 4) is 5.75 Å². The van der Waals surface area contributed by atoms with E-state index in [0.29, 0.717) is 41.6 Å². The first-order valence-electron chi connectivity index (χ1n) is 13.0. The highest BCUT2D eigenvalue weighted by Crippen LogP contribution is 2.27. The van der Waals surface area contributed by atoms with Crippen LogP contribution in [0, 0.1) is 0 Å². The first-order valence-corrected chi connectivity index (χ1v) is 13.0. The molecule has 8 nitrogen and oxygen atoms in total. The molecule has 2 saturated heterocycles. The van der Waals surface area contributed by atoms with Crippen LogP contribution in [0.1, 0.15) is 23.2 Å². The molecule has 37 heavy (non-hydrogen) atoms. The van der Waals surface area contributed by atoms with Crippen molar-refractivity contribution in [1.29, 1.82) is 0 Å². The molecule has 2 aromatic carbocycles. The molecule has 0 radical (unpaired) electrons. The molecular weight excluding hydrogens is 466 g/mol. The van der Waals surface area contributed by atoms with Crippen molar-refractivity contribution < 1.29 is 14.3 Å². The number of aromatic nitrogens is 1. The topological polar surface area (TPSA) is 69.2 Å². The van der Waals surface area contributed by atoms with Gasteiger partial charge in [0, 0.05) is 49.4 Å². The third-order valence-electron chi connectivity index (χ3n) is 7.65. The Morgan fingerprint density at radius 3 is 2.35 bits per heavy atom. The number of anilines is 1. The Hall–Kier alpha value is -3.49. The van der Waals surface area contributed by atoms with Crippen molar-refractivity contribution in [1.82, 2.24) is 19.7 Å². The molecule has 2 amide bonds. The summed E-state index contributed by atoms with van der Waals surface area (Å²) in [5.41, 5.74) is 1.83. The molecule has 3 heterocycles. The van der Waals surface area contributed by atoms with Gasteiger partial charge in [0.05, 0.1) is 18.3 Å². The van der Waals surface area contributed by atoms with Crippen molar-refractivity contribution >= 4 is 28.4 Å². The summed E-state index contributed by atoms with van der Waals surface area (Å²) >= 11 is 0. The summed E-state index contributed by atoms with van der Waals surface area (Å²) in [5, 5.41) is 0.923. The van der Waals surface area contributed by atoms with Crippen LogP contribution in [0.5, 0.6) is 5.75 Å². The van der Waals surface area contributed by atoms with Crippen molar-refractivity contribution in [2.24, 2.45) is 0 Å². The number of hydrogen-bond donors (Lipinski definition) is 0. The van der Waals surface area contributed by atoms with E-state index >= 15 is 0 Å². The Bertz CT molecular complexity index is 1230. The van der Waals surface area contributed by atoms with E-state index in [-0.39, 0.29) is 18.4 Å². The number of fused-ring (bicyclic) bond motifs is 1. The van der Waals surface area contributed by atoms with Crippen LogP contribution in [-0.2, 0) is 4.79 Å². The summed E-state index contributed by atoms with van der Waals surface area (Å²) in [4.78, 5) is 40.2. The lowest BCUT2D eigenvalue weighted by Gasteiger charge is -2.42. The summed E-state index contributed by atoms with van der Waals surface area (Å²) in [6.07, 6.45) is 4.08. The number of piperazine rings is 1. The summed E-state index contributed by atoms with van der Waals surface area (Å²) < 4.78 is 5.25. The smallest absolute Gasteiger partial charge is 0.258 e. The number of methoxy groups -OCH3 is 1. The molecule has 0 spiro atoms. The lowest BCUT2D eigenvalue weighted by molar-refractivity contribution is -0.131. The van der Waals surface area contributed by atoms with Crippen molar-refractivity contribution in [3.63, 3.8) is 0 Å². The SMILES string of the molecule is COc1ccc(C(=O)N(CC(=O)N2CCN(C3CCN(C)CC3)CC2)c2cccc3cccnc23)cc1. The number of para-hydroxylation sites is 1. The van der Waals surface area contributed by atoms with Gasteiger partial charge in [-0.15, -0.1) is 0 Å². The Morgan fingerprint density at radius 2 is 1.65 bits per heavy atom. The minimum atomic E-state index is -0.237. The number of rotatable bonds is 6. The van der Waals surface area contributed by atoms with Gasteiger partial charge in [-0.2, -0.15) is 0 Å². The molecule has 0 bridgehead atoms. The van der Waals surface area contributed by atoms with Gasteiger partial charge < -0.3 is 14.5 Å². The molecular formula is C29H35N5O3. The molecule has 1 aromatic heterocycles. The van der Waals surface area contributed by atoms with E-state index in [0.717, 1.165) is 31.6 Å². The number of piperidine rings is 1. The Morgan fingerprint density at radius 1 is 0.946 bits per heavy atom. The van der Waals surface area contributed by atoms with Gasteiger partial charge in [-0.25, -0.2) is 0 Å². The quantitative estimate of drug-likeness (QED) is 0.517. The second-order valence-electron chi connectivity index (χ2n) is 9.92. The van der Waals surface area contributed by atoms with Gasteiger partial charge in [-0.1, -0.05) is 18.2 Å². The molecule has 194 valence electrons. The average molecular weight is 502 g/mol. The highest BCUT2D eigenvalue weighted by atomic mass is 16.5. The third kappa shape index (κ3) is 5.60. The van der Waals surface area contributed by atoms with Crippen LogP contribution in [0.4, 0.5) is 5.69 Å². The number of pyridine rings is 1. The Labute approximate surface area is 218 Å². The standard InChI is InChI=1S/C29H35N5O3/c1-31-15-12-24(13-16-31)32-17-19-33(20-18-32)27(35)21-34(29(36)23-8-10-25(37-2)11-9-23)26-7-3-5-22-6-4-14-30-28(22)26/h3-11,14,24H,12-13,15-21H2,1-2H3. The molecule has 8 heteroatoms. The van der Waals surface area contributed by atoms with E-state index in [1.54, 1.807) is 42.5 Å². The third-order valence-corrected chi connectivity index (χ3v) is 7.65. The van der Waals surface area contributed by atoms with Crippen LogP contribution in [0.2, 0.25) is 0 Å². The normalized spacial score (nSPS) is 17.6. The van der Waals surface area contributed by atoms with Crippen LogP contribution < -0.4 is 9.64 Å². The fraction of sp³-hybridized carbons (Fsp3) is 0.414. The second kappa shape index (κ2) is 11.3. The van der Waals surface area contributed by atoms with E-state index in [9.17, 15) is 9.59 Å². The maximum absolute atomic E-state index is 13.8. The van der Waals surface area contributed by atoms with Crippen LogP contribution in [0.25, 0.3) is 10.9 Å². The number of nitrogens with zero attached hydrogens (tertiary/aromatic N) is 5. The molecule has 0 unspecified atom stereocenters. The van der Waals surface area contributed by atoms with E-state index in [1.165, 1.54) is 12.8 Å². The van der Waals surface area contributed by atoms with E-state index < -0.39 is 0 Å². The molecule has 3 aromatic rings. The van der Waals surface area contributed by atoms with Gasteiger partial charge in [0.25, 0.3) is 5.91 Å². The summed E-state index contributed by atoms with van der Waals surface area (Å²) in [7, 11) is 3.77. The number of carbonyl (C=O) groups excluding carboxylic acids is 2. The van der Waals surface area contributed by atoms with Gasteiger partial charge in [0.1, 0.15) is 12.3 Å². The Balaban J connectivity index is 1.34. The lowest BCUT2D eigenvalue weighted by atomic mass is 10.0. The molecule has 2 aliphatic rings. The summed E-state index contributed by atoms with van der Waals surface area (Å²) in [6, 6.07) is 17.2. The number of amides is 2. The van der Waals surface area contributed by atoms with E-state index in [1.807, 2.05) is 35.2 Å². The van der Waals surface area contributed by atoms with Crippen LogP contribution in [-0.4, -0.2) is 97.5 Å². The van der Waals surface area contributed by atoms with Crippen LogP contribution in [0.15, 0.2) is 60.8 Å². The molecule has 2 aliphatic heterocycles. The summed E-state index contributed by atoms with van der Waals surface area (Å²) in [5.74, 6) is 0.394. The predicted molar refractivity (Wildman–Crippen MR) is 145 cm³/mol. The number of benzene rings is 2. The number of ether oxygens (including phenoxy) is 1. The number of carbonyl (C=O) groups is 2. The second-order valence-corrected chi connectivity index (χ2v) is 9.92. The van der Waals surface area contributed by atoms with Gasteiger partial charge in [-0.05, 0) is 69.4 Å².